The summed E-state index contributed by atoms with van der Waals surface area (Å²) in [6, 6.07) is 0. The number of aryl methyl sites for hydroxylation is 1. The molecule has 1 aromatic heterocycles. The highest BCUT2D eigenvalue weighted by atomic mass is 79.9. The van der Waals surface area contributed by atoms with E-state index in [0.717, 1.165) is 42.3 Å². The lowest BCUT2D eigenvalue weighted by molar-refractivity contribution is -0.117. The first-order valence-electron chi connectivity index (χ1n) is 6.67. The number of halogens is 1. The predicted molar refractivity (Wildman–Crippen MR) is 75.8 cm³/mol. The zero-order valence-electron chi connectivity index (χ0n) is 10.6. The van der Waals surface area contributed by atoms with Crippen LogP contribution in [0, 0.1) is 5.92 Å². The van der Waals surface area contributed by atoms with E-state index in [1.54, 1.807) is 4.90 Å². The summed E-state index contributed by atoms with van der Waals surface area (Å²) in [5.74, 6) is 0.774. The van der Waals surface area contributed by atoms with Gasteiger partial charge in [-0.25, -0.2) is 4.98 Å². The molecular formula is C13H16BrN3O2. The van der Waals surface area contributed by atoms with Crippen LogP contribution in [-0.2, 0) is 17.6 Å². The Morgan fingerprint density at radius 2 is 2.11 bits per heavy atom. The first-order valence-corrected chi connectivity index (χ1v) is 7.79. The SMILES string of the molecule is O=C1CC(CBr)CN1c1nc2c(c(=O)[nH]1)CCCC2. The van der Waals surface area contributed by atoms with Gasteiger partial charge >= 0.3 is 0 Å². The van der Waals surface area contributed by atoms with E-state index in [0.29, 0.717) is 24.8 Å². The quantitative estimate of drug-likeness (QED) is 0.836. The Bertz CT molecular complexity index is 569. The number of rotatable bonds is 2. The third-order valence-corrected chi connectivity index (χ3v) is 4.77. The Labute approximate surface area is 119 Å². The number of anilines is 1. The molecule has 3 rings (SSSR count). The maximum Gasteiger partial charge on any atom is 0.255 e. The molecule has 6 heteroatoms. The van der Waals surface area contributed by atoms with Crippen molar-refractivity contribution in [1.29, 1.82) is 0 Å². The van der Waals surface area contributed by atoms with Gasteiger partial charge in [-0.3, -0.25) is 19.5 Å². The summed E-state index contributed by atoms with van der Waals surface area (Å²) in [7, 11) is 0. The molecule has 1 atom stereocenters. The molecule has 1 fully saturated rings. The average molecular weight is 326 g/mol. The van der Waals surface area contributed by atoms with Gasteiger partial charge in [-0.15, -0.1) is 0 Å². The molecule has 1 unspecified atom stereocenters. The van der Waals surface area contributed by atoms with Crippen LogP contribution in [0.5, 0.6) is 0 Å². The number of nitrogens with one attached hydrogen (secondary N) is 1. The summed E-state index contributed by atoms with van der Waals surface area (Å²) in [6.07, 6.45) is 4.28. The van der Waals surface area contributed by atoms with Gasteiger partial charge in [-0.1, -0.05) is 15.9 Å². The van der Waals surface area contributed by atoms with Gasteiger partial charge in [0.05, 0.1) is 5.69 Å². The molecule has 1 aromatic rings. The summed E-state index contributed by atoms with van der Waals surface area (Å²) >= 11 is 3.41. The normalized spacial score (nSPS) is 22.7. The van der Waals surface area contributed by atoms with E-state index in [2.05, 4.69) is 25.9 Å². The lowest BCUT2D eigenvalue weighted by Crippen LogP contribution is -2.31. The second-order valence-corrected chi connectivity index (χ2v) is 5.90. The third-order valence-electron chi connectivity index (χ3n) is 3.86. The largest absolute Gasteiger partial charge is 0.292 e. The van der Waals surface area contributed by atoms with E-state index in [-0.39, 0.29) is 11.5 Å². The summed E-state index contributed by atoms with van der Waals surface area (Å²) in [5, 5.41) is 0.796. The number of aromatic nitrogens is 2. The van der Waals surface area contributed by atoms with Crippen molar-refractivity contribution in [2.24, 2.45) is 5.92 Å². The lowest BCUT2D eigenvalue weighted by atomic mass is 9.97. The second kappa shape index (κ2) is 5.07. The van der Waals surface area contributed by atoms with Crippen molar-refractivity contribution in [3.63, 3.8) is 0 Å². The van der Waals surface area contributed by atoms with Gasteiger partial charge in [0.1, 0.15) is 0 Å². The molecule has 0 aromatic carbocycles. The third kappa shape index (κ3) is 2.33. The minimum atomic E-state index is -0.0743. The van der Waals surface area contributed by atoms with E-state index in [4.69, 9.17) is 0 Å². The first kappa shape index (κ1) is 12.8. The number of nitrogens with zero attached hydrogens (tertiary/aromatic N) is 2. The summed E-state index contributed by atoms with van der Waals surface area (Å²) in [6.45, 7) is 0.631. The minimum absolute atomic E-state index is 0.0448. The van der Waals surface area contributed by atoms with E-state index in [1.165, 1.54) is 0 Å². The Morgan fingerprint density at radius 3 is 2.84 bits per heavy atom. The van der Waals surface area contributed by atoms with Gasteiger partial charge in [0.25, 0.3) is 5.56 Å². The summed E-state index contributed by atoms with van der Waals surface area (Å²) < 4.78 is 0. The molecule has 2 aliphatic rings. The number of fused-ring (bicyclic) bond motifs is 1. The van der Waals surface area contributed by atoms with Crippen molar-refractivity contribution >= 4 is 27.8 Å². The van der Waals surface area contributed by atoms with Crippen LogP contribution in [-0.4, -0.2) is 27.7 Å². The number of amides is 1. The summed E-state index contributed by atoms with van der Waals surface area (Å²) in [4.78, 5) is 32.9. The van der Waals surface area contributed by atoms with Crippen LogP contribution >= 0.6 is 15.9 Å². The number of carbonyl (C=O) groups excluding carboxylic acids is 1. The monoisotopic (exact) mass is 325 g/mol. The molecule has 1 aliphatic heterocycles. The van der Waals surface area contributed by atoms with Crippen LogP contribution in [0.25, 0.3) is 0 Å². The fraction of sp³-hybridized carbons (Fsp3) is 0.615. The van der Waals surface area contributed by atoms with Crippen molar-refractivity contribution in [2.75, 3.05) is 16.8 Å². The molecule has 0 saturated carbocycles. The standard InChI is InChI=1S/C13H16BrN3O2/c14-6-8-5-11(18)17(7-8)13-15-10-4-2-1-3-9(10)12(19)16-13/h8H,1-7H2,(H,15,16,19). The zero-order valence-corrected chi connectivity index (χ0v) is 12.2. The van der Waals surface area contributed by atoms with Crippen LogP contribution in [0.4, 0.5) is 5.95 Å². The lowest BCUT2D eigenvalue weighted by Gasteiger charge is -2.19. The van der Waals surface area contributed by atoms with E-state index >= 15 is 0 Å². The molecule has 1 aliphatic carbocycles. The van der Waals surface area contributed by atoms with Gasteiger partial charge in [0, 0.05) is 23.9 Å². The van der Waals surface area contributed by atoms with Crippen molar-refractivity contribution in [2.45, 2.75) is 32.1 Å². The van der Waals surface area contributed by atoms with Crippen molar-refractivity contribution in [3.8, 4) is 0 Å². The molecule has 0 bridgehead atoms. The Balaban J connectivity index is 1.96. The second-order valence-electron chi connectivity index (χ2n) is 5.25. The molecule has 5 nitrogen and oxygen atoms in total. The molecular weight excluding hydrogens is 310 g/mol. The molecule has 0 spiro atoms. The Hall–Kier alpha value is -1.17. The van der Waals surface area contributed by atoms with Gasteiger partial charge in [-0.2, -0.15) is 0 Å². The van der Waals surface area contributed by atoms with Crippen LogP contribution < -0.4 is 10.5 Å². The number of alkyl halides is 1. The van der Waals surface area contributed by atoms with E-state index in [9.17, 15) is 9.59 Å². The number of H-pyrrole nitrogens is 1. The maximum atomic E-state index is 12.1. The van der Waals surface area contributed by atoms with Crippen LogP contribution in [0.2, 0.25) is 0 Å². The van der Waals surface area contributed by atoms with Gasteiger partial charge in [-0.05, 0) is 31.6 Å². The highest BCUT2D eigenvalue weighted by molar-refractivity contribution is 9.09. The maximum absolute atomic E-state index is 12.1. The smallest absolute Gasteiger partial charge is 0.255 e. The topological polar surface area (TPSA) is 66.1 Å². The number of aromatic amines is 1. The number of hydrogen-bond donors (Lipinski definition) is 1. The zero-order chi connectivity index (χ0) is 13.4. The highest BCUT2D eigenvalue weighted by Crippen LogP contribution is 2.24. The van der Waals surface area contributed by atoms with Crippen molar-refractivity contribution in [3.05, 3.63) is 21.6 Å². The molecule has 0 radical (unpaired) electrons. The summed E-state index contributed by atoms with van der Waals surface area (Å²) in [5.41, 5.74) is 1.61. The number of hydrogen-bond acceptors (Lipinski definition) is 3. The minimum Gasteiger partial charge on any atom is -0.292 e. The molecule has 1 saturated heterocycles. The predicted octanol–water partition coefficient (Wildman–Crippen LogP) is 1.40. The fourth-order valence-corrected chi connectivity index (χ4v) is 3.24. The van der Waals surface area contributed by atoms with E-state index < -0.39 is 0 Å². The van der Waals surface area contributed by atoms with Crippen LogP contribution in [0.3, 0.4) is 0 Å². The van der Waals surface area contributed by atoms with Crippen molar-refractivity contribution < 1.29 is 4.79 Å². The Morgan fingerprint density at radius 1 is 1.32 bits per heavy atom. The van der Waals surface area contributed by atoms with Gasteiger partial charge < -0.3 is 0 Å². The molecule has 102 valence electrons. The number of carbonyl (C=O) groups is 1. The van der Waals surface area contributed by atoms with Gasteiger partial charge in [0.2, 0.25) is 11.9 Å². The molecule has 1 N–H and O–H groups in total. The van der Waals surface area contributed by atoms with Crippen LogP contribution in [0.15, 0.2) is 4.79 Å². The molecule has 2 heterocycles. The van der Waals surface area contributed by atoms with Gasteiger partial charge in [0.15, 0.2) is 0 Å². The molecule has 1 amide bonds. The van der Waals surface area contributed by atoms with Crippen LogP contribution in [0.1, 0.15) is 30.5 Å². The highest BCUT2D eigenvalue weighted by Gasteiger charge is 2.32. The van der Waals surface area contributed by atoms with E-state index in [1.807, 2.05) is 0 Å². The molecule has 19 heavy (non-hydrogen) atoms. The first-order chi connectivity index (χ1) is 9.19. The Kier molecular flexibility index (Phi) is 3.43. The van der Waals surface area contributed by atoms with Crippen molar-refractivity contribution in [1.82, 2.24) is 9.97 Å². The fourth-order valence-electron chi connectivity index (χ4n) is 2.81. The average Bonchev–Trinajstić information content (AvgIpc) is 2.80.